The van der Waals surface area contributed by atoms with Crippen molar-refractivity contribution in [3.63, 3.8) is 0 Å². The minimum absolute atomic E-state index is 0.457. The van der Waals surface area contributed by atoms with Gasteiger partial charge in [-0.1, -0.05) is 17.7 Å². The van der Waals surface area contributed by atoms with Crippen LogP contribution in [0, 0.1) is 0 Å². The van der Waals surface area contributed by atoms with Crippen molar-refractivity contribution in [3.05, 3.63) is 53.1 Å². The largest absolute Gasteiger partial charge is 0.495 e. The summed E-state index contributed by atoms with van der Waals surface area (Å²) in [6.45, 7) is 2.89. The Morgan fingerprint density at radius 3 is 2.43 bits per heavy atom. The molecule has 0 amide bonds. The van der Waals surface area contributed by atoms with E-state index in [-0.39, 0.29) is 0 Å². The highest BCUT2D eigenvalue weighted by Crippen LogP contribution is 2.38. The van der Waals surface area contributed by atoms with Gasteiger partial charge < -0.3 is 24.0 Å². The number of piperazine rings is 1. The molecule has 148 valence electrons. The summed E-state index contributed by atoms with van der Waals surface area (Å²) in [6, 6.07) is 12.6. The van der Waals surface area contributed by atoms with Crippen LogP contribution in [0.5, 0.6) is 17.2 Å². The third-order valence-corrected chi connectivity index (χ3v) is 5.87. The Kier molecular flexibility index (Phi) is 5.27. The fourth-order valence-electron chi connectivity index (χ4n) is 4.10. The Morgan fingerprint density at radius 1 is 0.893 bits per heavy atom. The fraction of sp³-hybridized carbons (Fsp3) is 0.364. The van der Waals surface area contributed by atoms with E-state index in [1.165, 1.54) is 11.3 Å². The quantitative estimate of drug-likeness (QED) is 0.747. The number of hydrogen-bond donors (Lipinski definition) is 0. The van der Waals surface area contributed by atoms with E-state index in [1.807, 2.05) is 18.2 Å². The smallest absolute Gasteiger partial charge is 0.161 e. The zero-order chi connectivity index (χ0) is 19.7. The second-order valence-electron chi connectivity index (χ2n) is 7.01. The van der Waals surface area contributed by atoms with Gasteiger partial charge in [0.25, 0.3) is 0 Å². The second kappa shape index (κ2) is 7.84. The van der Waals surface area contributed by atoms with E-state index in [9.17, 15) is 0 Å². The first-order valence-electron chi connectivity index (χ1n) is 9.42. The average molecular weight is 401 g/mol. The Balaban J connectivity index is 1.51. The van der Waals surface area contributed by atoms with Crippen molar-refractivity contribution in [3.8, 4) is 17.2 Å². The summed E-state index contributed by atoms with van der Waals surface area (Å²) in [5, 5.41) is 0.642. The molecular weight excluding hydrogens is 376 g/mol. The Labute approximate surface area is 171 Å². The van der Waals surface area contributed by atoms with Crippen molar-refractivity contribution in [2.75, 3.05) is 45.9 Å². The normalized spacial score (nSPS) is 18.6. The van der Waals surface area contributed by atoms with Crippen molar-refractivity contribution < 1.29 is 14.2 Å². The van der Waals surface area contributed by atoms with Crippen LogP contribution >= 0.6 is 11.6 Å². The summed E-state index contributed by atoms with van der Waals surface area (Å²) in [5.74, 6) is 2.23. The second-order valence-corrected chi connectivity index (χ2v) is 7.41. The van der Waals surface area contributed by atoms with E-state index >= 15 is 0 Å². The molecule has 0 spiro atoms. The number of halogens is 1. The van der Waals surface area contributed by atoms with Crippen LogP contribution in [-0.2, 0) is 0 Å². The predicted octanol–water partition coefficient (Wildman–Crippen LogP) is 4.30. The maximum Gasteiger partial charge on any atom is 0.161 e. The monoisotopic (exact) mass is 400 g/mol. The van der Waals surface area contributed by atoms with Crippen LogP contribution in [0.4, 0.5) is 5.69 Å². The molecule has 6 heteroatoms. The Bertz CT molecular complexity index is 899. The molecule has 5 nitrogen and oxygen atoms in total. The van der Waals surface area contributed by atoms with Crippen LogP contribution in [0.1, 0.15) is 12.0 Å². The third-order valence-electron chi connectivity index (χ3n) is 5.55. The number of methoxy groups -OCH3 is 3. The molecule has 1 atom stereocenters. The molecule has 1 unspecified atom stereocenters. The molecule has 0 radical (unpaired) electrons. The predicted molar refractivity (Wildman–Crippen MR) is 113 cm³/mol. The minimum Gasteiger partial charge on any atom is -0.495 e. The molecule has 28 heavy (non-hydrogen) atoms. The molecule has 0 bridgehead atoms. The van der Waals surface area contributed by atoms with E-state index in [1.54, 1.807) is 21.3 Å². The lowest BCUT2D eigenvalue weighted by Gasteiger charge is -2.41. The van der Waals surface area contributed by atoms with Gasteiger partial charge in [-0.3, -0.25) is 0 Å². The van der Waals surface area contributed by atoms with Gasteiger partial charge in [0.05, 0.1) is 32.4 Å². The molecular formula is C22H25ClN2O3. The Morgan fingerprint density at radius 2 is 1.68 bits per heavy atom. The summed E-state index contributed by atoms with van der Waals surface area (Å²) in [7, 11) is 4.99. The van der Waals surface area contributed by atoms with E-state index in [0.717, 1.165) is 49.0 Å². The highest BCUT2D eigenvalue weighted by atomic mass is 35.5. The summed E-state index contributed by atoms with van der Waals surface area (Å²) >= 11 is 6.18. The van der Waals surface area contributed by atoms with Gasteiger partial charge in [-0.2, -0.15) is 0 Å². The van der Waals surface area contributed by atoms with Crippen LogP contribution in [0.2, 0.25) is 5.02 Å². The molecule has 1 fully saturated rings. The van der Waals surface area contributed by atoms with Gasteiger partial charge in [0, 0.05) is 42.6 Å². The molecule has 1 saturated heterocycles. The van der Waals surface area contributed by atoms with Gasteiger partial charge >= 0.3 is 0 Å². The molecule has 2 heterocycles. The van der Waals surface area contributed by atoms with Gasteiger partial charge in [-0.25, -0.2) is 0 Å². The maximum absolute atomic E-state index is 6.18. The van der Waals surface area contributed by atoms with Crippen LogP contribution in [0.15, 0.2) is 42.5 Å². The SMILES string of the molecule is COc1cc(N2CCN3C(c4ccc(OC)c(OC)c4)=CCC3C2)ccc1Cl. The number of ether oxygens (including phenoxy) is 3. The zero-order valence-corrected chi connectivity index (χ0v) is 17.2. The first-order valence-corrected chi connectivity index (χ1v) is 9.80. The molecule has 2 aliphatic heterocycles. The van der Waals surface area contributed by atoms with E-state index < -0.39 is 0 Å². The molecule has 0 aliphatic carbocycles. The third kappa shape index (κ3) is 3.35. The number of benzene rings is 2. The van der Waals surface area contributed by atoms with Gasteiger partial charge in [0.2, 0.25) is 0 Å². The first-order chi connectivity index (χ1) is 13.6. The van der Waals surface area contributed by atoms with Gasteiger partial charge in [0.1, 0.15) is 5.75 Å². The number of nitrogens with zero attached hydrogens (tertiary/aromatic N) is 2. The van der Waals surface area contributed by atoms with Crippen LogP contribution < -0.4 is 19.1 Å². The standard InChI is InChI=1S/C22H25ClN2O3/c1-26-20-9-4-15(12-22(20)28-3)19-8-6-17-14-24(10-11-25(17)19)16-5-7-18(23)21(13-16)27-2/h4-5,7-9,12-13,17H,6,10-11,14H2,1-3H3. The molecule has 2 aromatic carbocycles. The van der Waals surface area contributed by atoms with Crippen LogP contribution in [0.3, 0.4) is 0 Å². The average Bonchev–Trinajstić information content (AvgIpc) is 3.16. The molecule has 0 aromatic heterocycles. The minimum atomic E-state index is 0.457. The van der Waals surface area contributed by atoms with Gasteiger partial charge in [0.15, 0.2) is 11.5 Å². The summed E-state index contributed by atoms with van der Waals surface area (Å²) in [5.41, 5.74) is 3.60. The van der Waals surface area contributed by atoms with Crippen LogP contribution in [0.25, 0.3) is 5.70 Å². The van der Waals surface area contributed by atoms with E-state index in [0.29, 0.717) is 11.1 Å². The number of fused-ring (bicyclic) bond motifs is 1. The van der Waals surface area contributed by atoms with Crippen molar-refractivity contribution in [1.29, 1.82) is 0 Å². The Hall–Kier alpha value is -2.53. The highest BCUT2D eigenvalue weighted by Gasteiger charge is 2.33. The molecule has 2 aliphatic rings. The van der Waals surface area contributed by atoms with Crippen molar-refractivity contribution in [2.45, 2.75) is 12.5 Å². The number of hydrogen-bond acceptors (Lipinski definition) is 5. The topological polar surface area (TPSA) is 34.2 Å². The summed E-state index contributed by atoms with van der Waals surface area (Å²) < 4.78 is 16.2. The molecule has 0 saturated carbocycles. The number of rotatable bonds is 5. The van der Waals surface area contributed by atoms with Crippen molar-refractivity contribution >= 4 is 23.0 Å². The molecule has 4 rings (SSSR count). The van der Waals surface area contributed by atoms with Gasteiger partial charge in [-0.05, 0) is 36.8 Å². The van der Waals surface area contributed by atoms with E-state index in [4.69, 9.17) is 25.8 Å². The van der Waals surface area contributed by atoms with Crippen molar-refractivity contribution in [2.24, 2.45) is 0 Å². The van der Waals surface area contributed by atoms with E-state index in [2.05, 4.69) is 34.1 Å². The lowest BCUT2D eigenvalue weighted by atomic mass is 10.1. The first kappa shape index (κ1) is 18.8. The highest BCUT2D eigenvalue weighted by molar-refractivity contribution is 6.32. The van der Waals surface area contributed by atoms with Crippen LogP contribution in [-0.4, -0.2) is 51.9 Å². The fourth-order valence-corrected chi connectivity index (χ4v) is 4.29. The zero-order valence-electron chi connectivity index (χ0n) is 16.4. The lowest BCUT2D eigenvalue weighted by molar-refractivity contribution is 0.284. The molecule has 2 aromatic rings. The van der Waals surface area contributed by atoms with Gasteiger partial charge in [-0.15, -0.1) is 0 Å². The van der Waals surface area contributed by atoms with Crippen molar-refractivity contribution in [1.82, 2.24) is 4.90 Å². The molecule has 0 N–H and O–H groups in total. The summed E-state index contributed by atoms with van der Waals surface area (Å²) in [6.07, 6.45) is 3.36. The maximum atomic E-state index is 6.18. The lowest BCUT2D eigenvalue weighted by Crippen LogP contribution is -2.50. The summed E-state index contributed by atoms with van der Waals surface area (Å²) in [4.78, 5) is 4.91. The number of anilines is 1.